The number of carbonyl (C=O) groups excluding carboxylic acids is 1. The Bertz CT molecular complexity index is 620. The van der Waals surface area contributed by atoms with Crippen molar-refractivity contribution in [3.05, 3.63) is 0 Å². The second-order valence-electron chi connectivity index (χ2n) is 11.5. The van der Waals surface area contributed by atoms with Crippen molar-refractivity contribution in [2.45, 2.75) is 97.2 Å². The lowest BCUT2D eigenvalue weighted by Gasteiger charge is -2.62. The molecule has 10 atom stereocenters. The van der Waals surface area contributed by atoms with Crippen LogP contribution in [0.1, 0.15) is 85.0 Å². The Morgan fingerprint density at radius 3 is 2.41 bits per heavy atom. The Balaban J connectivity index is 1.52. The third kappa shape index (κ3) is 3.46. The first-order valence-electron chi connectivity index (χ1n) is 12.1. The van der Waals surface area contributed by atoms with E-state index in [0.29, 0.717) is 41.4 Å². The molecule has 4 nitrogen and oxygen atoms in total. The largest absolute Gasteiger partial charge is 0.469 e. The van der Waals surface area contributed by atoms with Crippen molar-refractivity contribution in [1.29, 1.82) is 0 Å². The molecule has 29 heavy (non-hydrogen) atoms. The zero-order valence-electron chi connectivity index (χ0n) is 18.9. The van der Waals surface area contributed by atoms with Crippen LogP contribution >= 0.6 is 0 Å². The number of ether oxygens (including phenoxy) is 1. The molecule has 5 unspecified atom stereocenters. The first kappa shape index (κ1) is 21.6. The molecule has 0 aliphatic heterocycles. The topological polar surface area (TPSA) is 66.8 Å². The predicted molar refractivity (Wildman–Crippen MR) is 113 cm³/mol. The van der Waals surface area contributed by atoms with Crippen LogP contribution in [0.5, 0.6) is 0 Å². The molecule has 4 rings (SSSR count). The summed E-state index contributed by atoms with van der Waals surface area (Å²) in [4.78, 5) is 11.6. The number of hydrogen-bond donors (Lipinski definition) is 2. The van der Waals surface area contributed by atoms with Gasteiger partial charge in [-0.25, -0.2) is 0 Å². The fourth-order valence-corrected chi connectivity index (χ4v) is 8.90. The maximum absolute atomic E-state index is 11.6. The lowest BCUT2D eigenvalue weighted by molar-refractivity contribution is -0.172. The molecule has 0 spiro atoms. The highest BCUT2D eigenvalue weighted by Crippen LogP contribution is 2.68. The van der Waals surface area contributed by atoms with Crippen LogP contribution in [0.15, 0.2) is 0 Å². The average molecular weight is 407 g/mol. The second kappa shape index (κ2) is 7.82. The highest BCUT2D eigenvalue weighted by molar-refractivity contribution is 5.69. The molecule has 0 aromatic carbocycles. The summed E-state index contributed by atoms with van der Waals surface area (Å²) in [6, 6.07) is 0. The second-order valence-corrected chi connectivity index (χ2v) is 11.5. The van der Waals surface area contributed by atoms with Crippen LogP contribution in [-0.4, -0.2) is 35.5 Å². The van der Waals surface area contributed by atoms with Crippen LogP contribution in [-0.2, 0) is 9.53 Å². The Kier molecular flexibility index (Phi) is 5.83. The molecule has 0 heterocycles. The van der Waals surface area contributed by atoms with Gasteiger partial charge in [-0.2, -0.15) is 0 Å². The summed E-state index contributed by atoms with van der Waals surface area (Å²) in [6.07, 6.45) is 9.77. The first-order chi connectivity index (χ1) is 13.7. The van der Waals surface area contributed by atoms with E-state index in [1.807, 2.05) is 0 Å². The first-order valence-corrected chi connectivity index (χ1v) is 12.1. The van der Waals surface area contributed by atoms with Gasteiger partial charge in [0.05, 0.1) is 19.3 Å². The van der Waals surface area contributed by atoms with E-state index in [9.17, 15) is 15.0 Å². The van der Waals surface area contributed by atoms with E-state index in [4.69, 9.17) is 4.74 Å². The number of fused-ring (bicyclic) bond motifs is 5. The normalized spacial score (nSPS) is 50.2. The van der Waals surface area contributed by atoms with Crippen LogP contribution in [0, 0.1) is 46.3 Å². The number of hydrogen-bond acceptors (Lipinski definition) is 4. The van der Waals surface area contributed by atoms with E-state index >= 15 is 0 Å². The van der Waals surface area contributed by atoms with Gasteiger partial charge in [0.2, 0.25) is 0 Å². The van der Waals surface area contributed by atoms with Gasteiger partial charge in [0.15, 0.2) is 0 Å². The van der Waals surface area contributed by atoms with E-state index in [2.05, 4.69) is 20.8 Å². The van der Waals surface area contributed by atoms with Gasteiger partial charge in [-0.05, 0) is 104 Å². The summed E-state index contributed by atoms with van der Waals surface area (Å²) < 4.78 is 4.86. The van der Waals surface area contributed by atoms with Crippen molar-refractivity contribution in [3.63, 3.8) is 0 Å². The molecule has 4 heteroatoms. The van der Waals surface area contributed by atoms with E-state index in [-0.39, 0.29) is 29.5 Å². The summed E-state index contributed by atoms with van der Waals surface area (Å²) in [6.45, 7) is 7.28. The molecular weight excluding hydrogens is 364 g/mol. The molecule has 4 aliphatic carbocycles. The molecular formula is C25H42O4. The quantitative estimate of drug-likeness (QED) is 0.671. The van der Waals surface area contributed by atoms with Gasteiger partial charge in [-0.15, -0.1) is 0 Å². The van der Waals surface area contributed by atoms with E-state index in [0.717, 1.165) is 32.1 Å². The van der Waals surface area contributed by atoms with Gasteiger partial charge in [0.1, 0.15) is 0 Å². The standard InChI is InChI=1S/C25H42O4/c1-15(5-8-23(28)29-4)18-6-7-19-17-14-22(27)21-13-16(26)9-11-25(21,3)20(17)10-12-24(18,19)2/h15-22,26-27H,5-14H2,1-4H3/t15-,16-,17?,18?,19?,20?,21?,22+,24-,25-/m1/s1. The highest BCUT2D eigenvalue weighted by Gasteiger charge is 2.62. The van der Waals surface area contributed by atoms with Gasteiger partial charge in [-0.1, -0.05) is 20.8 Å². The third-order valence-electron chi connectivity index (χ3n) is 10.4. The number of methoxy groups -OCH3 is 1. The molecule has 166 valence electrons. The van der Waals surface area contributed by atoms with Crippen molar-refractivity contribution < 1.29 is 19.7 Å². The van der Waals surface area contributed by atoms with Gasteiger partial charge < -0.3 is 14.9 Å². The molecule has 4 aliphatic rings. The smallest absolute Gasteiger partial charge is 0.305 e. The predicted octanol–water partition coefficient (Wildman–Crippen LogP) is 4.57. The summed E-state index contributed by atoms with van der Waals surface area (Å²) >= 11 is 0. The zero-order valence-corrected chi connectivity index (χ0v) is 18.9. The van der Waals surface area contributed by atoms with Crippen molar-refractivity contribution in [1.82, 2.24) is 0 Å². The minimum atomic E-state index is -0.255. The fourth-order valence-electron chi connectivity index (χ4n) is 8.90. The van der Waals surface area contributed by atoms with Crippen LogP contribution in [0.3, 0.4) is 0 Å². The molecule has 0 aromatic rings. The molecule has 4 fully saturated rings. The lowest BCUT2D eigenvalue weighted by Crippen LogP contribution is -2.58. The SMILES string of the molecule is COC(=O)CC[C@@H](C)C1CCC2C3C[C@H](O)C4C[C@H](O)CC[C@]4(C)C3CC[C@@]21C. The maximum Gasteiger partial charge on any atom is 0.305 e. The van der Waals surface area contributed by atoms with Crippen molar-refractivity contribution >= 4 is 5.97 Å². The van der Waals surface area contributed by atoms with Gasteiger partial charge in [0.25, 0.3) is 0 Å². The molecule has 0 amide bonds. The van der Waals surface area contributed by atoms with Gasteiger partial charge in [0, 0.05) is 6.42 Å². The van der Waals surface area contributed by atoms with Gasteiger partial charge >= 0.3 is 5.97 Å². The fraction of sp³-hybridized carbons (Fsp3) is 0.960. The van der Waals surface area contributed by atoms with Gasteiger partial charge in [-0.3, -0.25) is 4.79 Å². The summed E-state index contributed by atoms with van der Waals surface area (Å²) in [5.41, 5.74) is 0.533. The van der Waals surface area contributed by atoms with Crippen LogP contribution in [0.25, 0.3) is 0 Å². The summed E-state index contributed by atoms with van der Waals surface area (Å²) in [7, 11) is 1.48. The molecule has 0 bridgehead atoms. The summed E-state index contributed by atoms with van der Waals surface area (Å²) in [5, 5.41) is 21.3. The minimum Gasteiger partial charge on any atom is -0.469 e. The average Bonchev–Trinajstić information content (AvgIpc) is 3.05. The number of aliphatic hydroxyl groups is 2. The Morgan fingerprint density at radius 1 is 1.00 bits per heavy atom. The highest BCUT2D eigenvalue weighted by atomic mass is 16.5. The van der Waals surface area contributed by atoms with Crippen molar-refractivity contribution in [2.24, 2.45) is 46.3 Å². The minimum absolute atomic E-state index is 0.0888. The molecule has 0 saturated heterocycles. The molecule has 0 radical (unpaired) electrons. The third-order valence-corrected chi connectivity index (χ3v) is 10.4. The van der Waals surface area contributed by atoms with E-state index in [1.54, 1.807) is 0 Å². The maximum atomic E-state index is 11.6. The van der Waals surface area contributed by atoms with E-state index < -0.39 is 0 Å². The van der Waals surface area contributed by atoms with E-state index in [1.165, 1.54) is 32.8 Å². The van der Waals surface area contributed by atoms with Crippen molar-refractivity contribution in [2.75, 3.05) is 7.11 Å². The zero-order chi connectivity index (χ0) is 21.0. The number of rotatable bonds is 4. The summed E-state index contributed by atoms with van der Waals surface area (Å²) in [5.74, 6) is 3.42. The number of carbonyl (C=O) groups is 1. The lowest BCUT2D eigenvalue weighted by atomic mass is 9.44. The molecule has 2 N–H and O–H groups in total. The van der Waals surface area contributed by atoms with Crippen LogP contribution in [0.4, 0.5) is 0 Å². The Labute approximate surface area is 176 Å². The number of esters is 1. The number of aliphatic hydroxyl groups excluding tert-OH is 2. The monoisotopic (exact) mass is 406 g/mol. The molecule has 0 aromatic heterocycles. The van der Waals surface area contributed by atoms with Crippen molar-refractivity contribution in [3.8, 4) is 0 Å². The van der Waals surface area contributed by atoms with Crippen LogP contribution in [0.2, 0.25) is 0 Å². The molecule has 4 saturated carbocycles. The Hall–Kier alpha value is -0.610. The Morgan fingerprint density at radius 2 is 1.69 bits per heavy atom. The van der Waals surface area contributed by atoms with Crippen LogP contribution < -0.4 is 0 Å².